The fourth-order valence-corrected chi connectivity index (χ4v) is 4.91. The van der Waals surface area contributed by atoms with Crippen LogP contribution in [0.4, 0.5) is 5.95 Å². The molecule has 12 heteroatoms. The molecule has 1 aromatic carbocycles. The van der Waals surface area contributed by atoms with Crippen LogP contribution in [0.2, 0.25) is 0 Å². The quantitative estimate of drug-likeness (QED) is 0.552. The molecule has 12 nitrogen and oxygen atoms in total. The van der Waals surface area contributed by atoms with Crippen molar-refractivity contribution in [1.82, 2.24) is 19.8 Å². The number of carbonyl (C=O) groups is 2. The molecule has 1 aromatic heterocycles. The van der Waals surface area contributed by atoms with Crippen LogP contribution in [0.5, 0.6) is 17.2 Å². The van der Waals surface area contributed by atoms with E-state index in [1.165, 1.54) is 26.6 Å². The molecule has 3 heterocycles. The lowest BCUT2D eigenvalue weighted by atomic mass is 10.1. The Hall–Kier alpha value is -3.64. The molecule has 1 saturated heterocycles. The first-order valence-electron chi connectivity index (χ1n) is 13.8. The van der Waals surface area contributed by atoms with E-state index in [2.05, 4.69) is 19.8 Å². The molecule has 2 aliphatic rings. The predicted molar refractivity (Wildman–Crippen MR) is 147 cm³/mol. The number of nitrogen functional groups attached to an aromatic ring is 1. The summed E-state index contributed by atoms with van der Waals surface area (Å²) in [5.41, 5.74) is 6.14. The summed E-state index contributed by atoms with van der Waals surface area (Å²) in [6, 6.07) is 3.20. The Labute approximate surface area is 234 Å². The summed E-state index contributed by atoms with van der Waals surface area (Å²) < 4.78 is 28.4. The molecule has 4 rings (SSSR count). The Balaban J connectivity index is 1.51. The number of benzene rings is 1. The van der Waals surface area contributed by atoms with Crippen LogP contribution >= 0.6 is 0 Å². The van der Waals surface area contributed by atoms with E-state index in [0.717, 1.165) is 52.1 Å². The minimum absolute atomic E-state index is 0.0974. The number of hydrogen-bond acceptors (Lipinski definition) is 12. The molecule has 40 heavy (non-hydrogen) atoms. The van der Waals surface area contributed by atoms with Gasteiger partial charge >= 0.3 is 11.9 Å². The van der Waals surface area contributed by atoms with Gasteiger partial charge in [0.25, 0.3) is 0 Å². The number of esters is 2. The fourth-order valence-electron chi connectivity index (χ4n) is 4.91. The SMILES string of the molecule is COc1cc2cc(c1OC)OCCCC(OC(=O)c1cnc(N)nc1)CCN1CCCN(CCCOC2=O)CC1. The molecule has 0 spiro atoms. The lowest BCUT2D eigenvalue weighted by molar-refractivity contribution is 0.0220. The van der Waals surface area contributed by atoms with E-state index in [-0.39, 0.29) is 17.6 Å². The normalized spacial score (nSPS) is 22.9. The number of nitrogens with zero attached hydrogens (tertiary/aromatic N) is 4. The van der Waals surface area contributed by atoms with Gasteiger partial charge in [-0.05, 0) is 57.3 Å². The molecule has 0 radical (unpaired) electrons. The smallest absolute Gasteiger partial charge is 0.341 e. The third-order valence-corrected chi connectivity index (χ3v) is 7.09. The van der Waals surface area contributed by atoms with Gasteiger partial charge in [0, 0.05) is 38.6 Å². The lowest BCUT2D eigenvalue weighted by Crippen LogP contribution is -2.34. The minimum Gasteiger partial charge on any atom is -0.493 e. The van der Waals surface area contributed by atoms with Crippen LogP contribution in [0.1, 0.15) is 52.8 Å². The van der Waals surface area contributed by atoms with Gasteiger partial charge in [-0.25, -0.2) is 19.6 Å². The molecule has 4 bridgehead atoms. The number of methoxy groups -OCH3 is 2. The fraction of sp³-hybridized carbons (Fsp3) is 0.571. The highest BCUT2D eigenvalue weighted by Crippen LogP contribution is 2.38. The number of cyclic esters (lactones) is 1. The van der Waals surface area contributed by atoms with E-state index in [1.807, 2.05) is 0 Å². The van der Waals surface area contributed by atoms with Crippen molar-refractivity contribution in [2.45, 2.75) is 38.2 Å². The van der Waals surface area contributed by atoms with Crippen LogP contribution < -0.4 is 19.9 Å². The Morgan fingerprint density at radius 1 is 0.900 bits per heavy atom. The number of ether oxygens (including phenoxy) is 5. The number of anilines is 1. The van der Waals surface area contributed by atoms with Crippen molar-refractivity contribution >= 4 is 17.9 Å². The lowest BCUT2D eigenvalue weighted by Gasteiger charge is -2.24. The zero-order chi connectivity index (χ0) is 28.3. The predicted octanol–water partition coefficient (Wildman–Crippen LogP) is 2.42. The van der Waals surface area contributed by atoms with Gasteiger partial charge < -0.3 is 39.2 Å². The summed E-state index contributed by atoms with van der Waals surface area (Å²) in [6.07, 6.45) is 6.10. The maximum atomic E-state index is 12.8. The molecular weight excluding hydrogens is 518 g/mol. The number of carbonyl (C=O) groups excluding carboxylic acids is 2. The largest absolute Gasteiger partial charge is 0.493 e. The molecule has 218 valence electrons. The summed E-state index contributed by atoms with van der Waals surface area (Å²) >= 11 is 0. The van der Waals surface area contributed by atoms with Gasteiger partial charge in [-0.1, -0.05) is 0 Å². The van der Waals surface area contributed by atoms with E-state index in [0.29, 0.717) is 55.3 Å². The van der Waals surface area contributed by atoms with Crippen molar-refractivity contribution in [3.63, 3.8) is 0 Å². The molecule has 3 unspecified atom stereocenters. The van der Waals surface area contributed by atoms with Gasteiger partial charge in [0.1, 0.15) is 6.10 Å². The first-order chi connectivity index (χ1) is 19.5. The monoisotopic (exact) mass is 557 g/mol. The highest BCUT2D eigenvalue weighted by atomic mass is 16.5. The maximum Gasteiger partial charge on any atom is 0.341 e. The maximum absolute atomic E-state index is 12.8. The number of aromatic nitrogens is 2. The van der Waals surface area contributed by atoms with Gasteiger partial charge in [0.05, 0.1) is 38.6 Å². The zero-order valence-corrected chi connectivity index (χ0v) is 23.3. The second-order valence-electron chi connectivity index (χ2n) is 9.87. The second-order valence-corrected chi connectivity index (χ2v) is 9.87. The molecule has 1 fully saturated rings. The van der Waals surface area contributed by atoms with Crippen LogP contribution in [0.25, 0.3) is 0 Å². The van der Waals surface area contributed by atoms with Crippen LogP contribution in [-0.4, -0.2) is 105 Å². The minimum atomic E-state index is -0.482. The third kappa shape index (κ3) is 8.18. The molecule has 3 atom stereocenters. The molecule has 0 amide bonds. The summed E-state index contributed by atoms with van der Waals surface area (Å²) in [5.74, 6) is 0.327. The molecule has 2 aliphatic heterocycles. The van der Waals surface area contributed by atoms with Gasteiger partial charge in [-0.15, -0.1) is 0 Å². The zero-order valence-electron chi connectivity index (χ0n) is 23.3. The molecule has 0 saturated carbocycles. The average Bonchev–Trinajstić information content (AvgIpc) is 3.20. The van der Waals surface area contributed by atoms with Crippen molar-refractivity contribution in [3.8, 4) is 17.2 Å². The Morgan fingerprint density at radius 2 is 1.60 bits per heavy atom. The van der Waals surface area contributed by atoms with E-state index in [1.54, 1.807) is 12.1 Å². The van der Waals surface area contributed by atoms with E-state index in [9.17, 15) is 9.59 Å². The van der Waals surface area contributed by atoms with Crippen molar-refractivity contribution in [2.24, 2.45) is 0 Å². The number of nitrogens with two attached hydrogens (primary N) is 1. The topological polar surface area (TPSA) is 139 Å². The third-order valence-electron chi connectivity index (χ3n) is 7.09. The van der Waals surface area contributed by atoms with Crippen molar-refractivity contribution < 1.29 is 33.3 Å². The number of rotatable bonds is 4. The number of fused-ring (bicyclic) bond motifs is 5. The van der Waals surface area contributed by atoms with E-state index < -0.39 is 11.9 Å². The highest BCUT2D eigenvalue weighted by molar-refractivity contribution is 5.91. The van der Waals surface area contributed by atoms with Crippen molar-refractivity contribution in [2.75, 3.05) is 72.4 Å². The Morgan fingerprint density at radius 3 is 2.33 bits per heavy atom. The van der Waals surface area contributed by atoms with Crippen LogP contribution in [0.3, 0.4) is 0 Å². The second kappa shape index (κ2) is 14.7. The molecule has 0 aliphatic carbocycles. The first kappa shape index (κ1) is 29.3. The van der Waals surface area contributed by atoms with E-state index in [4.69, 9.17) is 29.4 Å². The summed E-state index contributed by atoms with van der Waals surface area (Å²) in [5, 5.41) is 0. The van der Waals surface area contributed by atoms with Crippen molar-refractivity contribution in [3.05, 3.63) is 35.7 Å². The first-order valence-corrected chi connectivity index (χ1v) is 13.8. The molecular formula is C28H39N5O7. The molecule has 2 aromatic rings. The standard InChI is InChI=1S/C28H39N5O7/c1-36-23-16-20-17-24(25(23)37-2)38-14-3-6-22(40-27(35)21-18-30-28(29)31-19-21)7-11-33-9-4-8-32(12-13-33)10-5-15-39-26(20)34/h16-19,22H,3-15H2,1-2H3,(H2,29,30,31). The summed E-state index contributed by atoms with van der Waals surface area (Å²) in [4.78, 5) is 38.3. The van der Waals surface area contributed by atoms with Crippen molar-refractivity contribution in [1.29, 1.82) is 0 Å². The van der Waals surface area contributed by atoms with Gasteiger partial charge in [0.15, 0.2) is 11.5 Å². The van der Waals surface area contributed by atoms with Gasteiger partial charge in [-0.3, -0.25) is 0 Å². The van der Waals surface area contributed by atoms with Gasteiger partial charge in [-0.2, -0.15) is 0 Å². The van der Waals surface area contributed by atoms with E-state index >= 15 is 0 Å². The van der Waals surface area contributed by atoms with Gasteiger partial charge in [0.2, 0.25) is 11.7 Å². The van der Waals surface area contributed by atoms with Crippen LogP contribution in [0.15, 0.2) is 24.5 Å². The molecule has 2 N–H and O–H groups in total. The summed E-state index contributed by atoms with van der Waals surface area (Å²) in [7, 11) is 3.02. The number of hydrogen-bond donors (Lipinski definition) is 1. The summed E-state index contributed by atoms with van der Waals surface area (Å²) in [6.45, 7) is 6.16. The van der Waals surface area contributed by atoms with Crippen LogP contribution in [0, 0.1) is 0 Å². The highest BCUT2D eigenvalue weighted by Gasteiger charge is 2.22. The average molecular weight is 558 g/mol. The Bertz CT molecular complexity index is 1130. The Kier molecular flexibility index (Phi) is 10.8. The van der Waals surface area contributed by atoms with Crippen LogP contribution in [-0.2, 0) is 9.47 Å².